The van der Waals surface area contributed by atoms with Gasteiger partial charge in [0.1, 0.15) is 35.7 Å². The number of benzene rings is 4. The minimum atomic E-state index is -2.20. The second kappa shape index (κ2) is 10.1. The second-order valence-corrected chi connectivity index (χ2v) is 10.3. The molecule has 1 saturated carbocycles. The number of ether oxygens (including phenoxy) is 4. The molecule has 6 rings (SSSR count). The van der Waals surface area contributed by atoms with Gasteiger partial charge in [0.2, 0.25) is 0 Å². The average Bonchev–Trinajstić information content (AvgIpc) is 3.39. The highest BCUT2D eigenvalue weighted by atomic mass is 16.5. The molecule has 1 heterocycles. The summed E-state index contributed by atoms with van der Waals surface area (Å²) < 4.78 is 23.9. The third kappa shape index (κ3) is 3.94. The Balaban J connectivity index is 1.57. The van der Waals surface area contributed by atoms with Crippen molar-refractivity contribution in [1.82, 2.24) is 0 Å². The quantitative estimate of drug-likeness (QED) is 0.289. The van der Waals surface area contributed by atoms with Crippen molar-refractivity contribution in [2.45, 2.75) is 29.8 Å². The summed E-state index contributed by atoms with van der Waals surface area (Å²) in [5.74, 6) is -2.21. The lowest BCUT2D eigenvalue weighted by Crippen LogP contribution is -2.52. The number of aliphatic carboxylic acids is 1. The van der Waals surface area contributed by atoms with Crippen molar-refractivity contribution < 1.29 is 39.1 Å². The number of carboxylic acid groups (broad SMARTS) is 1. The van der Waals surface area contributed by atoms with Gasteiger partial charge in [-0.25, -0.2) is 0 Å². The van der Waals surface area contributed by atoms with Crippen molar-refractivity contribution in [3.8, 4) is 23.0 Å². The van der Waals surface area contributed by atoms with Crippen LogP contribution in [0.2, 0.25) is 0 Å². The molecule has 0 spiro atoms. The first kappa shape index (κ1) is 26.7. The van der Waals surface area contributed by atoms with E-state index in [2.05, 4.69) is 0 Å². The van der Waals surface area contributed by atoms with Crippen molar-refractivity contribution in [1.29, 1.82) is 0 Å². The first-order valence-electron chi connectivity index (χ1n) is 13.3. The summed E-state index contributed by atoms with van der Waals surface area (Å²) in [6.07, 6.45) is -1.75. The van der Waals surface area contributed by atoms with Crippen LogP contribution in [-0.2, 0) is 22.6 Å². The zero-order chi connectivity index (χ0) is 28.8. The van der Waals surface area contributed by atoms with Crippen LogP contribution in [0.5, 0.6) is 23.0 Å². The van der Waals surface area contributed by atoms with Gasteiger partial charge in [-0.1, -0.05) is 72.8 Å². The first-order valence-corrected chi connectivity index (χ1v) is 13.3. The Labute approximate surface area is 237 Å². The maximum atomic E-state index is 12.8. The zero-order valence-corrected chi connectivity index (χ0v) is 22.6. The molecule has 1 fully saturated rings. The van der Waals surface area contributed by atoms with Crippen molar-refractivity contribution in [3.63, 3.8) is 0 Å². The van der Waals surface area contributed by atoms with Crippen LogP contribution in [-0.4, -0.2) is 41.6 Å². The van der Waals surface area contributed by atoms with Crippen LogP contribution in [0.15, 0.2) is 97.1 Å². The van der Waals surface area contributed by atoms with Crippen LogP contribution in [0, 0.1) is 5.92 Å². The van der Waals surface area contributed by atoms with Crippen LogP contribution >= 0.6 is 0 Å². The number of aliphatic hydroxyl groups excluding tert-OH is 1. The van der Waals surface area contributed by atoms with E-state index in [0.29, 0.717) is 22.6 Å². The van der Waals surface area contributed by atoms with Crippen LogP contribution in [0.1, 0.15) is 28.2 Å². The lowest BCUT2D eigenvalue weighted by Gasteiger charge is -2.40. The topological polar surface area (TPSA) is 115 Å². The molecule has 3 N–H and O–H groups in total. The Kier molecular flexibility index (Phi) is 6.60. The van der Waals surface area contributed by atoms with E-state index >= 15 is 0 Å². The fourth-order valence-electron chi connectivity index (χ4n) is 6.48. The van der Waals surface area contributed by atoms with Gasteiger partial charge in [-0.05, 0) is 28.8 Å². The summed E-state index contributed by atoms with van der Waals surface area (Å²) in [6, 6.07) is 28.8. The highest BCUT2D eigenvalue weighted by molar-refractivity contribution is 5.77. The van der Waals surface area contributed by atoms with E-state index in [0.717, 1.165) is 5.56 Å². The predicted octanol–water partition coefficient (Wildman–Crippen LogP) is 4.62. The molecule has 0 radical (unpaired) electrons. The van der Waals surface area contributed by atoms with Crippen LogP contribution in [0.4, 0.5) is 0 Å². The molecule has 5 atom stereocenters. The number of hydrogen-bond donors (Lipinski definition) is 3. The van der Waals surface area contributed by atoms with Crippen LogP contribution < -0.4 is 18.9 Å². The molecule has 0 amide bonds. The maximum Gasteiger partial charge on any atom is 0.310 e. The molecule has 41 heavy (non-hydrogen) atoms. The van der Waals surface area contributed by atoms with Gasteiger partial charge in [0.05, 0.1) is 25.7 Å². The van der Waals surface area contributed by atoms with Crippen molar-refractivity contribution in [2.75, 3.05) is 14.2 Å². The maximum absolute atomic E-state index is 12.8. The SMILES string of the molecule is COc1ccc(C23Oc4cc(OCc5ccccc5)cc(OC)c4C2(O)C(O)C(C(=O)O)C3c2ccccc2)cc1. The Hall–Kier alpha value is -4.53. The van der Waals surface area contributed by atoms with E-state index in [9.17, 15) is 20.1 Å². The fourth-order valence-corrected chi connectivity index (χ4v) is 6.48. The minimum absolute atomic E-state index is 0.167. The molecule has 1 aliphatic carbocycles. The third-order valence-corrected chi connectivity index (χ3v) is 8.25. The van der Waals surface area contributed by atoms with Gasteiger partial charge < -0.3 is 34.3 Å². The predicted molar refractivity (Wildman–Crippen MR) is 149 cm³/mol. The van der Waals surface area contributed by atoms with Gasteiger partial charge in [0.15, 0.2) is 11.2 Å². The molecule has 0 bridgehead atoms. The first-order chi connectivity index (χ1) is 19.8. The molecule has 4 aromatic carbocycles. The number of methoxy groups -OCH3 is 2. The van der Waals surface area contributed by atoms with Crippen molar-refractivity contribution in [3.05, 3.63) is 119 Å². The Morgan fingerprint density at radius 3 is 2.15 bits per heavy atom. The molecule has 8 heteroatoms. The largest absolute Gasteiger partial charge is 0.497 e. The zero-order valence-electron chi connectivity index (χ0n) is 22.6. The highest BCUT2D eigenvalue weighted by Crippen LogP contribution is 2.70. The summed E-state index contributed by atoms with van der Waals surface area (Å²) in [5.41, 5.74) is -1.75. The van der Waals surface area contributed by atoms with E-state index < -0.39 is 35.1 Å². The van der Waals surface area contributed by atoms with Crippen LogP contribution in [0.25, 0.3) is 0 Å². The van der Waals surface area contributed by atoms with Crippen LogP contribution in [0.3, 0.4) is 0 Å². The molecule has 0 saturated heterocycles. The third-order valence-electron chi connectivity index (χ3n) is 8.25. The summed E-state index contributed by atoms with van der Waals surface area (Å²) in [5, 5.41) is 35.0. The number of hydrogen-bond acceptors (Lipinski definition) is 7. The highest BCUT2D eigenvalue weighted by Gasteiger charge is 2.78. The number of aliphatic hydroxyl groups is 2. The number of carboxylic acids is 1. The lowest BCUT2D eigenvalue weighted by molar-refractivity contribution is -0.159. The van der Waals surface area contributed by atoms with Gasteiger partial charge in [-0.2, -0.15) is 0 Å². The van der Waals surface area contributed by atoms with Crippen molar-refractivity contribution >= 4 is 5.97 Å². The number of fused-ring (bicyclic) bond motifs is 3. The molecular weight excluding hydrogens is 524 g/mol. The summed E-state index contributed by atoms with van der Waals surface area (Å²) >= 11 is 0. The molecule has 210 valence electrons. The molecule has 8 nitrogen and oxygen atoms in total. The minimum Gasteiger partial charge on any atom is -0.497 e. The summed E-state index contributed by atoms with van der Waals surface area (Å²) in [4.78, 5) is 12.8. The Bertz CT molecular complexity index is 1560. The lowest BCUT2D eigenvalue weighted by atomic mass is 9.70. The molecule has 5 unspecified atom stereocenters. The molecule has 1 aliphatic heterocycles. The monoisotopic (exact) mass is 554 g/mol. The molecular formula is C33H30O8. The van der Waals surface area contributed by atoms with Gasteiger partial charge in [-0.3, -0.25) is 4.79 Å². The van der Waals surface area contributed by atoms with Gasteiger partial charge in [0.25, 0.3) is 0 Å². The normalized spacial score (nSPS) is 26.0. The van der Waals surface area contributed by atoms with Gasteiger partial charge >= 0.3 is 5.97 Å². The molecule has 4 aromatic rings. The second-order valence-electron chi connectivity index (χ2n) is 10.3. The average molecular weight is 555 g/mol. The Morgan fingerprint density at radius 1 is 0.878 bits per heavy atom. The van der Waals surface area contributed by atoms with Gasteiger partial charge in [-0.15, -0.1) is 0 Å². The number of rotatable bonds is 8. The fraction of sp³-hybridized carbons (Fsp3) is 0.242. The smallest absolute Gasteiger partial charge is 0.310 e. The molecule has 2 aliphatic rings. The number of carbonyl (C=O) groups is 1. The van der Waals surface area contributed by atoms with E-state index in [4.69, 9.17) is 18.9 Å². The summed E-state index contributed by atoms with van der Waals surface area (Å²) in [6.45, 7) is 0.285. The molecule has 0 aromatic heterocycles. The van der Waals surface area contributed by atoms with Gasteiger partial charge in [0, 0.05) is 18.1 Å². The van der Waals surface area contributed by atoms with E-state index in [1.54, 1.807) is 67.8 Å². The summed E-state index contributed by atoms with van der Waals surface area (Å²) in [7, 11) is 2.98. The van der Waals surface area contributed by atoms with E-state index in [1.165, 1.54) is 7.11 Å². The van der Waals surface area contributed by atoms with E-state index in [1.807, 2.05) is 36.4 Å². The standard InChI is InChI=1S/C33H30O8/c1-38-23-15-13-22(14-16-23)33-28(21-11-7-4-8-12-21)27(31(35)36)30(34)32(33,37)29-25(39-2)17-24(18-26(29)41-33)40-19-20-9-5-3-6-10-20/h3-18,27-28,30,34,37H,19H2,1-2H3,(H,35,36). The Morgan fingerprint density at radius 2 is 1.54 bits per heavy atom. The van der Waals surface area contributed by atoms with E-state index in [-0.39, 0.29) is 23.7 Å². The van der Waals surface area contributed by atoms with Crippen molar-refractivity contribution in [2.24, 2.45) is 5.92 Å².